The summed E-state index contributed by atoms with van der Waals surface area (Å²) in [6.45, 7) is 1.15. The van der Waals surface area contributed by atoms with Crippen LogP contribution in [-0.4, -0.2) is 58.5 Å². The molecule has 0 bridgehead atoms. The van der Waals surface area contributed by atoms with Gasteiger partial charge in [-0.15, -0.1) is 0 Å². The van der Waals surface area contributed by atoms with Gasteiger partial charge >= 0.3 is 0 Å². The smallest absolute Gasteiger partial charge is 0.294 e. The second-order valence-electron chi connectivity index (χ2n) is 7.98. The Morgan fingerprint density at radius 1 is 1.14 bits per heavy atom. The first-order chi connectivity index (χ1) is 16.9. The van der Waals surface area contributed by atoms with Gasteiger partial charge in [-0.2, -0.15) is 0 Å². The van der Waals surface area contributed by atoms with Gasteiger partial charge in [0.25, 0.3) is 16.8 Å². The van der Waals surface area contributed by atoms with Crippen molar-refractivity contribution in [3.8, 4) is 11.5 Å². The Balaban J connectivity index is 1.44. The van der Waals surface area contributed by atoms with E-state index in [2.05, 4.69) is 0 Å². The molecule has 0 aliphatic carbocycles. The van der Waals surface area contributed by atoms with Crippen molar-refractivity contribution in [2.24, 2.45) is 0 Å². The maximum atomic E-state index is 12.8. The number of carbonyl (C=O) groups is 3. The minimum Gasteiger partial charge on any atom is -0.493 e. The maximum absolute atomic E-state index is 12.8. The Morgan fingerprint density at radius 3 is 2.63 bits per heavy atom. The first kappa shape index (κ1) is 24.3. The molecular weight excluding hydrogens is 474 g/mol. The zero-order chi connectivity index (χ0) is 24.9. The summed E-state index contributed by atoms with van der Waals surface area (Å²) in [5.74, 6) is 0.0866. The summed E-state index contributed by atoms with van der Waals surface area (Å²) in [5, 5.41) is 10.5. The minimum atomic E-state index is -0.502. The van der Waals surface area contributed by atoms with Crippen LogP contribution in [0.5, 0.6) is 11.5 Å². The van der Waals surface area contributed by atoms with Gasteiger partial charge in [0.2, 0.25) is 5.91 Å². The van der Waals surface area contributed by atoms with E-state index in [1.807, 2.05) is 0 Å². The number of likely N-dealkylation sites (tertiary alicyclic amines) is 1. The molecule has 2 fully saturated rings. The molecule has 0 radical (unpaired) electrons. The Morgan fingerprint density at radius 2 is 1.91 bits per heavy atom. The summed E-state index contributed by atoms with van der Waals surface area (Å²) in [6.07, 6.45) is 3.43. The summed E-state index contributed by atoms with van der Waals surface area (Å²) in [6, 6.07) is 11.2. The van der Waals surface area contributed by atoms with Crippen LogP contribution in [0.4, 0.5) is 10.5 Å². The molecule has 3 amide bonds. The number of methoxy groups -OCH3 is 1. The molecule has 2 aromatic rings. The standard InChI is InChI=1S/C24H23N3O7S/c1-33-20-12-16(7-8-19(20)34-15-17-5-4-6-18(11-17)27(31)32)13-21-23(29)26(24(30)35-21)14-22(28)25-9-2-3-10-25/h4-8,11-13H,2-3,9-10,14-15H2,1H3/b21-13+. The van der Waals surface area contributed by atoms with Crippen molar-refractivity contribution in [3.05, 3.63) is 68.6 Å². The molecule has 2 aromatic carbocycles. The second kappa shape index (κ2) is 10.6. The predicted octanol–water partition coefficient (Wildman–Crippen LogP) is 3.84. The van der Waals surface area contributed by atoms with E-state index in [0.29, 0.717) is 35.7 Å². The van der Waals surface area contributed by atoms with Crippen LogP contribution in [-0.2, 0) is 16.2 Å². The van der Waals surface area contributed by atoms with Gasteiger partial charge in [-0.25, -0.2) is 0 Å². The van der Waals surface area contributed by atoms with Gasteiger partial charge in [-0.05, 0) is 53.9 Å². The second-order valence-corrected chi connectivity index (χ2v) is 8.97. The fourth-order valence-corrected chi connectivity index (χ4v) is 4.64. The molecule has 11 heteroatoms. The summed E-state index contributed by atoms with van der Waals surface area (Å²) in [4.78, 5) is 50.9. The molecule has 0 atom stereocenters. The molecule has 2 aliphatic heterocycles. The number of imide groups is 1. The summed E-state index contributed by atoms with van der Waals surface area (Å²) < 4.78 is 11.2. The number of nitro groups is 1. The molecule has 0 unspecified atom stereocenters. The van der Waals surface area contributed by atoms with E-state index in [-0.39, 0.29) is 29.7 Å². The number of hydrogen-bond donors (Lipinski definition) is 0. The molecule has 35 heavy (non-hydrogen) atoms. The van der Waals surface area contributed by atoms with Crippen molar-refractivity contribution in [1.29, 1.82) is 0 Å². The molecule has 0 N–H and O–H groups in total. The van der Waals surface area contributed by atoms with Gasteiger partial charge in [0, 0.05) is 25.2 Å². The Hall–Kier alpha value is -3.86. The van der Waals surface area contributed by atoms with Crippen molar-refractivity contribution < 1.29 is 28.8 Å². The number of non-ortho nitro benzene ring substituents is 1. The van der Waals surface area contributed by atoms with Gasteiger partial charge in [-0.3, -0.25) is 29.4 Å². The van der Waals surface area contributed by atoms with Gasteiger partial charge in [-0.1, -0.05) is 18.2 Å². The zero-order valence-corrected chi connectivity index (χ0v) is 19.8. The first-order valence-electron chi connectivity index (χ1n) is 10.9. The summed E-state index contributed by atoms with van der Waals surface area (Å²) in [5.41, 5.74) is 1.22. The van der Waals surface area contributed by atoms with E-state index >= 15 is 0 Å². The molecule has 0 saturated carbocycles. The number of thioether (sulfide) groups is 1. The molecule has 2 saturated heterocycles. The van der Waals surface area contributed by atoms with E-state index in [9.17, 15) is 24.5 Å². The van der Waals surface area contributed by atoms with E-state index in [1.165, 1.54) is 19.2 Å². The third kappa shape index (κ3) is 5.62. The van der Waals surface area contributed by atoms with E-state index < -0.39 is 16.1 Å². The average molecular weight is 498 g/mol. The highest BCUT2D eigenvalue weighted by Crippen LogP contribution is 2.35. The SMILES string of the molecule is COc1cc(/C=C2/SC(=O)N(CC(=O)N3CCCC3)C2=O)ccc1OCc1cccc([N+](=O)[O-])c1. The third-order valence-corrected chi connectivity index (χ3v) is 6.53. The maximum Gasteiger partial charge on any atom is 0.294 e. The van der Waals surface area contributed by atoms with E-state index in [4.69, 9.17) is 9.47 Å². The number of benzene rings is 2. The number of nitro benzene ring substituents is 1. The lowest BCUT2D eigenvalue weighted by molar-refractivity contribution is -0.384. The van der Waals surface area contributed by atoms with Crippen LogP contribution in [0.3, 0.4) is 0 Å². The van der Waals surface area contributed by atoms with Gasteiger partial charge in [0.1, 0.15) is 13.2 Å². The molecular formula is C24H23N3O7S. The van der Waals surface area contributed by atoms with Crippen LogP contribution in [0.1, 0.15) is 24.0 Å². The number of amides is 3. The summed E-state index contributed by atoms with van der Waals surface area (Å²) in [7, 11) is 1.47. The molecule has 0 spiro atoms. The monoisotopic (exact) mass is 497 g/mol. The number of carbonyl (C=O) groups excluding carboxylic acids is 3. The van der Waals surface area contributed by atoms with Crippen LogP contribution in [0.2, 0.25) is 0 Å². The van der Waals surface area contributed by atoms with Gasteiger partial charge < -0.3 is 14.4 Å². The molecule has 10 nitrogen and oxygen atoms in total. The lowest BCUT2D eigenvalue weighted by atomic mass is 10.1. The topological polar surface area (TPSA) is 119 Å². The lowest BCUT2D eigenvalue weighted by Crippen LogP contribution is -2.40. The molecule has 182 valence electrons. The van der Waals surface area contributed by atoms with Crippen molar-refractivity contribution in [2.45, 2.75) is 19.4 Å². The molecule has 2 aliphatic rings. The number of hydrogen-bond acceptors (Lipinski definition) is 8. The van der Waals surface area contributed by atoms with Crippen LogP contribution < -0.4 is 9.47 Å². The predicted molar refractivity (Wildman–Crippen MR) is 129 cm³/mol. The highest BCUT2D eigenvalue weighted by Gasteiger charge is 2.37. The normalized spacial score (nSPS) is 16.8. The zero-order valence-electron chi connectivity index (χ0n) is 19.0. The summed E-state index contributed by atoms with van der Waals surface area (Å²) >= 11 is 0.791. The third-order valence-electron chi connectivity index (χ3n) is 5.63. The largest absolute Gasteiger partial charge is 0.493 e. The van der Waals surface area contributed by atoms with Crippen LogP contribution in [0.25, 0.3) is 6.08 Å². The molecule has 0 aromatic heterocycles. The minimum absolute atomic E-state index is 0.0236. The van der Waals surface area contributed by atoms with E-state index in [1.54, 1.807) is 41.3 Å². The number of rotatable bonds is 8. The highest BCUT2D eigenvalue weighted by atomic mass is 32.2. The van der Waals surface area contributed by atoms with Crippen molar-refractivity contribution in [1.82, 2.24) is 9.80 Å². The quantitative estimate of drug-likeness (QED) is 0.307. The highest BCUT2D eigenvalue weighted by molar-refractivity contribution is 8.18. The van der Waals surface area contributed by atoms with Crippen molar-refractivity contribution in [2.75, 3.05) is 26.7 Å². The lowest BCUT2D eigenvalue weighted by Gasteiger charge is -2.18. The van der Waals surface area contributed by atoms with Crippen molar-refractivity contribution in [3.63, 3.8) is 0 Å². The Kier molecular flexibility index (Phi) is 7.35. The van der Waals surface area contributed by atoms with Crippen LogP contribution >= 0.6 is 11.8 Å². The Bertz CT molecular complexity index is 1210. The Labute approximate surface area is 205 Å². The molecule has 4 rings (SSSR count). The average Bonchev–Trinajstić information content (AvgIpc) is 3.48. The van der Waals surface area contributed by atoms with Gasteiger partial charge in [0.15, 0.2) is 11.5 Å². The number of nitrogens with zero attached hydrogens (tertiary/aromatic N) is 3. The van der Waals surface area contributed by atoms with Crippen molar-refractivity contribution >= 4 is 40.6 Å². The van der Waals surface area contributed by atoms with E-state index in [0.717, 1.165) is 29.5 Å². The fraction of sp³-hybridized carbons (Fsp3) is 0.292. The van der Waals surface area contributed by atoms with Gasteiger partial charge in [0.05, 0.1) is 16.9 Å². The molecule has 2 heterocycles. The fourth-order valence-electron chi connectivity index (χ4n) is 3.80. The van der Waals surface area contributed by atoms with Crippen LogP contribution in [0.15, 0.2) is 47.4 Å². The van der Waals surface area contributed by atoms with Crippen LogP contribution in [0, 0.1) is 10.1 Å². The number of ether oxygens (including phenoxy) is 2. The first-order valence-corrected chi connectivity index (χ1v) is 11.7.